The van der Waals surface area contributed by atoms with Gasteiger partial charge in [-0.1, -0.05) is 30.0 Å². The maximum atomic E-state index is 11.7. The van der Waals surface area contributed by atoms with Crippen LogP contribution in [0.1, 0.15) is 0 Å². The summed E-state index contributed by atoms with van der Waals surface area (Å²) in [5.41, 5.74) is 0.123. The van der Waals surface area contributed by atoms with Crippen LogP contribution in [0.3, 0.4) is 0 Å². The third kappa shape index (κ3) is 3.12. The third-order valence-corrected chi connectivity index (χ3v) is 3.31. The van der Waals surface area contributed by atoms with Gasteiger partial charge >= 0.3 is 0 Å². The Morgan fingerprint density at radius 1 is 1.44 bits per heavy atom. The Kier molecular flexibility index (Phi) is 4.01. The Labute approximate surface area is 109 Å². The van der Waals surface area contributed by atoms with Crippen LogP contribution in [0.2, 0.25) is 0 Å². The van der Waals surface area contributed by atoms with Crippen LogP contribution >= 0.6 is 11.8 Å². The molecule has 1 aromatic carbocycles. The van der Waals surface area contributed by atoms with Crippen molar-refractivity contribution in [2.75, 3.05) is 12.4 Å². The second kappa shape index (κ2) is 5.70. The molecule has 2 rings (SSSR count). The van der Waals surface area contributed by atoms with Crippen molar-refractivity contribution in [2.45, 2.75) is 5.44 Å². The van der Waals surface area contributed by atoms with Crippen LogP contribution in [-0.2, 0) is 14.3 Å². The summed E-state index contributed by atoms with van der Waals surface area (Å²) in [7, 11) is 1.45. The van der Waals surface area contributed by atoms with Gasteiger partial charge < -0.3 is 15.4 Å². The first kappa shape index (κ1) is 12.7. The molecular formula is C12H12N2O3S. The summed E-state index contributed by atoms with van der Waals surface area (Å²) >= 11 is 1.18. The quantitative estimate of drug-likeness (QED) is 0.808. The number of methoxy groups -OCH3 is 1. The van der Waals surface area contributed by atoms with Gasteiger partial charge in [0, 0.05) is 18.9 Å². The Bertz CT molecular complexity index is 487. The second-order valence-electron chi connectivity index (χ2n) is 3.54. The van der Waals surface area contributed by atoms with Gasteiger partial charge in [0.25, 0.3) is 11.8 Å². The Balaban J connectivity index is 1.98. The van der Waals surface area contributed by atoms with Crippen molar-refractivity contribution in [1.82, 2.24) is 5.32 Å². The van der Waals surface area contributed by atoms with Gasteiger partial charge in [-0.15, -0.1) is 0 Å². The molecule has 5 nitrogen and oxygen atoms in total. The summed E-state index contributed by atoms with van der Waals surface area (Å²) in [4.78, 5) is 23.0. The molecule has 94 valence electrons. The zero-order valence-electron chi connectivity index (χ0n) is 9.67. The van der Waals surface area contributed by atoms with Crippen LogP contribution in [-0.4, -0.2) is 24.4 Å². The molecule has 6 heteroatoms. The van der Waals surface area contributed by atoms with E-state index in [1.54, 1.807) is 12.1 Å². The molecule has 2 amide bonds. The Hall–Kier alpha value is -1.79. The molecule has 1 saturated heterocycles. The minimum absolute atomic E-state index is 0.249. The number of hydrogen-bond acceptors (Lipinski definition) is 4. The molecule has 0 radical (unpaired) electrons. The number of para-hydroxylation sites is 1. The molecule has 0 aromatic heterocycles. The Morgan fingerprint density at radius 3 is 2.78 bits per heavy atom. The lowest BCUT2D eigenvalue weighted by atomic mass is 10.3. The van der Waals surface area contributed by atoms with Gasteiger partial charge in [0.2, 0.25) is 0 Å². The first-order chi connectivity index (χ1) is 8.69. The number of thioether (sulfide) groups is 1. The fourth-order valence-electron chi connectivity index (χ4n) is 1.42. The van der Waals surface area contributed by atoms with Gasteiger partial charge in [0.1, 0.15) is 0 Å². The predicted octanol–water partition coefficient (Wildman–Crippen LogP) is 1.30. The highest BCUT2D eigenvalue weighted by Gasteiger charge is 2.28. The molecule has 18 heavy (non-hydrogen) atoms. The normalized spacial score (nSPS) is 20.8. The van der Waals surface area contributed by atoms with Crippen LogP contribution < -0.4 is 10.6 Å². The monoisotopic (exact) mass is 264 g/mol. The van der Waals surface area contributed by atoms with Gasteiger partial charge in [0.05, 0.1) is 5.03 Å². The van der Waals surface area contributed by atoms with Crippen LogP contribution in [0.4, 0.5) is 5.69 Å². The molecule has 0 bridgehead atoms. The Morgan fingerprint density at radius 2 is 2.17 bits per heavy atom. The number of amides is 2. The summed E-state index contributed by atoms with van der Waals surface area (Å²) in [6.07, 6.45) is 1.34. The molecule has 1 aliphatic heterocycles. The molecule has 1 atom stereocenters. The molecular weight excluding hydrogens is 252 g/mol. The molecule has 2 N–H and O–H groups in total. The highest BCUT2D eigenvalue weighted by molar-refractivity contribution is 8.04. The number of carbonyl (C=O) groups excluding carboxylic acids is 2. The third-order valence-electron chi connectivity index (χ3n) is 2.21. The van der Waals surface area contributed by atoms with Gasteiger partial charge in [-0.25, -0.2) is 0 Å². The summed E-state index contributed by atoms with van der Waals surface area (Å²) in [5, 5.41) is 5.75. The molecule has 0 aliphatic carbocycles. The van der Waals surface area contributed by atoms with E-state index in [1.165, 1.54) is 24.9 Å². The predicted molar refractivity (Wildman–Crippen MR) is 69.7 cm³/mol. The number of ether oxygens (including phenoxy) is 1. The largest absolute Gasteiger partial charge is 0.360 e. The minimum Gasteiger partial charge on any atom is -0.360 e. The number of anilines is 1. The van der Waals surface area contributed by atoms with Crippen molar-refractivity contribution in [3.63, 3.8) is 0 Å². The fraction of sp³-hybridized carbons (Fsp3) is 0.167. The van der Waals surface area contributed by atoms with E-state index in [4.69, 9.17) is 4.74 Å². The second-order valence-corrected chi connectivity index (χ2v) is 4.64. The minimum atomic E-state index is -0.583. The van der Waals surface area contributed by atoms with Crippen LogP contribution in [0.15, 0.2) is 41.4 Å². The van der Waals surface area contributed by atoms with E-state index in [0.29, 0.717) is 10.7 Å². The van der Waals surface area contributed by atoms with E-state index >= 15 is 0 Å². The van der Waals surface area contributed by atoms with Crippen molar-refractivity contribution in [3.8, 4) is 0 Å². The number of benzene rings is 1. The SMILES string of the molecule is COC1S/C(=C\C(=O)Nc2ccccc2)NC1=O. The maximum absolute atomic E-state index is 11.7. The van der Waals surface area contributed by atoms with E-state index in [1.807, 2.05) is 18.2 Å². The first-order valence-electron chi connectivity index (χ1n) is 5.27. The molecule has 1 aliphatic rings. The average molecular weight is 264 g/mol. The summed E-state index contributed by atoms with van der Waals surface area (Å²) in [6.45, 7) is 0. The summed E-state index contributed by atoms with van der Waals surface area (Å²) < 4.78 is 4.93. The summed E-state index contributed by atoms with van der Waals surface area (Å²) in [6, 6.07) is 9.10. The fourth-order valence-corrected chi connectivity index (χ4v) is 2.25. The van der Waals surface area contributed by atoms with Gasteiger partial charge in [0.15, 0.2) is 5.44 Å². The molecule has 1 aromatic rings. The lowest BCUT2D eigenvalue weighted by Gasteiger charge is -2.02. The first-order valence-corrected chi connectivity index (χ1v) is 6.15. The number of carbonyl (C=O) groups is 2. The highest BCUT2D eigenvalue weighted by atomic mass is 32.2. The zero-order chi connectivity index (χ0) is 13.0. The molecule has 1 fully saturated rings. The molecule has 1 heterocycles. The van der Waals surface area contributed by atoms with Crippen molar-refractivity contribution in [2.24, 2.45) is 0 Å². The highest BCUT2D eigenvalue weighted by Crippen LogP contribution is 2.26. The van der Waals surface area contributed by atoms with E-state index in [2.05, 4.69) is 10.6 Å². The van der Waals surface area contributed by atoms with Crippen molar-refractivity contribution in [3.05, 3.63) is 41.4 Å². The van der Waals surface area contributed by atoms with Gasteiger partial charge in [-0.3, -0.25) is 9.59 Å². The van der Waals surface area contributed by atoms with Crippen LogP contribution in [0.5, 0.6) is 0 Å². The molecule has 0 spiro atoms. The number of hydrogen-bond donors (Lipinski definition) is 2. The topological polar surface area (TPSA) is 67.4 Å². The van der Waals surface area contributed by atoms with Crippen LogP contribution in [0.25, 0.3) is 0 Å². The number of nitrogens with one attached hydrogen (secondary N) is 2. The standard InChI is InChI=1S/C12H12N2O3S/c1-17-12-11(16)14-10(18-12)7-9(15)13-8-5-3-2-4-6-8/h2-7,12H,1H3,(H,13,15)(H,14,16)/b10-7-. The zero-order valence-corrected chi connectivity index (χ0v) is 10.5. The number of rotatable bonds is 3. The van der Waals surface area contributed by atoms with Gasteiger partial charge in [-0.2, -0.15) is 0 Å². The molecule has 0 saturated carbocycles. The van der Waals surface area contributed by atoms with E-state index < -0.39 is 5.44 Å². The lowest BCUT2D eigenvalue weighted by molar-refractivity contribution is -0.124. The van der Waals surface area contributed by atoms with Crippen LogP contribution in [0, 0.1) is 0 Å². The van der Waals surface area contributed by atoms with E-state index in [9.17, 15) is 9.59 Å². The smallest absolute Gasteiger partial charge is 0.264 e. The van der Waals surface area contributed by atoms with Crippen molar-refractivity contribution < 1.29 is 14.3 Å². The van der Waals surface area contributed by atoms with Gasteiger partial charge in [-0.05, 0) is 12.1 Å². The van der Waals surface area contributed by atoms with E-state index in [-0.39, 0.29) is 11.8 Å². The lowest BCUT2D eigenvalue weighted by Crippen LogP contribution is -2.23. The van der Waals surface area contributed by atoms with Crippen molar-refractivity contribution >= 4 is 29.3 Å². The van der Waals surface area contributed by atoms with Crippen molar-refractivity contribution in [1.29, 1.82) is 0 Å². The average Bonchev–Trinajstić information content (AvgIpc) is 2.70. The summed E-state index contributed by atoms with van der Waals surface area (Å²) in [5.74, 6) is -0.540. The van der Waals surface area contributed by atoms with E-state index in [0.717, 1.165) is 0 Å². The molecule has 1 unspecified atom stereocenters. The maximum Gasteiger partial charge on any atom is 0.264 e.